The molecule has 0 aromatic heterocycles. The average Bonchev–Trinajstić information content (AvgIpc) is 1.96. The number of carboxylic acids is 2. The largest absolute Gasteiger partial charge is 0.481 e. The summed E-state index contributed by atoms with van der Waals surface area (Å²) in [5, 5.41) is 28.1. The second-order valence-electron chi connectivity index (χ2n) is 2.75. The van der Waals surface area contributed by atoms with E-state index >= 15 is 0 Å². The molecule has 0 fully saturated rings. The van der Waals surface area contributed by atoms with Crippen molar-refractivity contribution < 1.29 is 24.9 Å². The molecule has 0 saturated heterocycles. The van der Waals surface area contributed by atoms with E-state index in [0.29, 0.717) is 0 Å². The third-order valence-corrected chi connectivity index (χ3v) is 1.34. The number of hydrogen-bond acceptors (Lipinski definition) is 4. The Labute approximate surface area is 75.2 Å². The van der Waals surface area contributed by atoms with E-state index in [1.165, 1.54) is 6.92 Å². The lowest BCUT2D eigenvalue weighted by Gasteiger charge is -2.13. The van der Waals surface area contributed by atoms with Gasteiger partial charge in [0.25, 0.3) is 0 Å². The SMILES string of the molecule is C[C@H](O)CNC(CC(=O)O)C(=O)O. The molecule has 0 bridgehead atoms. The third-order valence-electron chi connectivity index (χ3n) is 1.34. The Hall–Kier alpha value is -1.14. The Morgan fingerprint density at radius 3 is 2.23 bits per heavy atom. The number of aliphatic hydroxyl groups is 1. The van der Waals surface area contributed by atoms with Crippen molar-refractivity contribution in [3.63, 3.8) is 0 Å². The van der Waals surface area contributed by atoms with Crippen molar-refractivity contribution in [1.82, 2.24) is 5.32 Å². The molecule has 0 heterocycles. The van der Waals surface area contributed by atoms with E-state index < -0.39 is 30.5 Å². The Bertz CT molecular complexity index is 191. The van der Waals surface area contributed by atoms with Crippen LogP contribution in [0.4, 0.5) is 0 Å². The van der Waals surface area contributed by atoms with Crippen LogP contribution in [0.25, 0.3) is 0 Å². The average molecular weight is 191 g/mol. The number of nitrogens with one attached hydrogen (secondary N) is 1. The summed E-state index contributed by atoms with van der Waals surface area (Å²) >= 11 is 0. The summed E-state index contributed by atoms with van der Waals surface area (Å²) in [5.41, 5.74) is 0. The zero-order valence-corrected chi connectivity index (χ0v) is 7.23. The maximum atomic E-state index is 10.4. The number of rotatable bonds is 6. The second kappa shape index (κ2) is 5.50. The molecule has 0 radical (unpaired) electrons. The maximum Gasteiger partial charge on any atom is 0.321 e. The van der Waals surface area contributed by atoms with E-state index in [1.807, 2.05) is 0 Å². The van der Waals surface area contributed by atoms with Gasteiger partial charge < -0.3 is 20.6 Å². The number of carbonyl (C=O) groups is 2. The van der Waals surface area contributed by atoms with Gasteiger partial charge in [-0.3, -0.25) is 9.59 Å². The fourth-order valence-corrected chi connectivity index (χ4v) is 0.734. The van der Waals surface area contributed by atoms with Crippen molar-refractivity contribution in [3.8, 4) is 0 Å². The minimum absolute atomic E-state index is 0.0598. The van der Waals surface area contributed by atoms with Crippen molar-refractivity contribution >= 4 is 11.9 Å². The third kappa shape index (κ3) is 6.06. The van der Waals surface area contributed by atoms with E-state index in [9.17, 15) is 9.59 Å². The van der Waals surface area contributed by atoms with Gasteiger partial charge in [-0.1, -0.05) is 0 Å². The van der Waals surface area contributed by atoms with E-state index in [0.717, 1.165) is 0 Å². The fourth-order valence-electron chi connectivity index (χ4n) is 0.734. The first kappa shape index (κ1) is 11.9. The van der Waals surface area contributed by atoms with Crippen LogP contribution in [0.2, 0.25) is 0 Å². The van der Waals surface area contributed by atoms with E-state index in [-0.39, 0.29) is 6.54 Å². The molecule has 2 atom stereocenters. The molecule has 13 heavy (non-hydrogen) atoms. The molecule has 1 unspecified atom stereocenters. The molecule has 0 aliphatic rings. The number of hydrogen-bond donors (Lipinski definition) is 4. The van der Waals surface area contributed by atoms with Crippen LogP contribution < -0.4 is 5.32 Å². The summed E-state index contributed by atoms with van der Waals surface area (Å²) in [7, 11) is 0. The lowest BCUT2D eigenvalue weighted by Crippen LogP contribution is -2.41. The van der Waals surface area contributed by atoms with Gasteiger partial charge in [0.1, 0.15) is 6.04 Å². The normalized spacial score (nSPS) is 14.9. The first-order valence-electron chi connectivity index (χ1n) is 3.79. The predicted octanol–water partition coefficient (Wildman–Crippen LogP) is -1.12. The molecule has 76 valence electrons. The minimum atomic E-state index is -1.23. The molecule has 0 aliphatic heterocycles. The van der Waals surface area contributed by atoms with Gasteiger partial charge in [-0.05, 0) is 6.92 Å². The summed E-state index contributed by atoms with van der Waals surface area (Å²) in [6.07, 6.45) is -1.20. The number of carboxylic acid groups (broad SMARTS) is 2. The highest BCUT2D eigenvalue weighted by molar-refractivity contribution is 5.80. The molecule has 0 rings (SSSR count). The van der Waals surface area contributed by atoms with Crippen LogP contribution in [0.1, 0.15) is 13.3 Å². The Morgan fingerprint density at radius 2 is 1.92 bits per heavy atom. The van der Waals surface area contributed by atoms with Crippen LogP contribution in [-0.2, 0) is 9.59 Å². The zero-order chi connectivity index (χ0) is 10.4. The number of aliphatic carboxylic acids is 2. The highest BCUT2D eigenvalue weighted by Gasteiger charge is 2.20. The molecule has 0 spiro atoms. The van der Waals surface area contributed by atoms with Gasteiger partial charge in [-0.2, -0.15) is 0 Å². The van der Waals surface area contributed by atoms with Gasteiger partial charge in [0.2, 0.25) is 0 Å². The molecule has 6 nitrogen and oxygen atoms in total. The highest BCUT2D eigenvalue weighted by atomic mass is 16.4. The molecule has 0 saturated carbocycles. The lowest BCUT2D eigenvalue weighted by molar-refractivity contribution is -0.146. The van der Waals surface area contributed by atoms with Crippen LogP contribution in [0.3, 0.4) is 0 Å². The summed E-state index contributed by atoms with van der Waals surface area (Å²) in [4.78, 5) is 20.6. The standard InChI is InChI=1S/C7H13NO5/c1-4(9)3-8-5(7(12)13)2-6(10)11/h4-5,8-9H,2-3H2,1H3,(H,10,11)(H,12,13)/t4-,5?/m0/s1. The van der Waals surface area contributed by atoms with E-state index in [4.69, 9.17) is 15.3 Å². The summed E-state index contributed by atoms with van der Waals surface area (Å²) in [6.45, 7) is 1.54. The van der Waals surface area contributed by atoms with Crippen LogP contribution in [-0.4, -0.2) is 45.9 Å². The van der Waals surface area contributed by atoms with Crippen molar-refractivity contribution in [2.24, 2.45) is 0 Å². The van der Waals surface area contributed by atoms with Crippen molar-refractivity contribution in [1.29, 1.82) is 0 Å². The van der Waals surface area contributed by atoms with E-state index in [2.05, 4.69) is 5.32 Å². The van der Waals surface area contributed by atoms with Gasteiger partial charge in [0, 0.05) is 6.54 Å². The molecule has 4 N–H and O–H groups in total. The van der Waals surface area contributed by atoms with Crippen LogP contribution >= 0.6 is 0 Å². The first-order chi connectivity index (χ1) is 5.93. The van der Waals surface area contributed by atoms with Crippen LogP contribution in [0, 0.1) is 0 Å². The smallest absolute Gasteiger partial charge is 0.321 e. The zero-order valence-electron chi connectivity index (χ0n) is 7.23. The van der Waals surface area contributed by atoms with Crippen molar-refractivity contribution in [2.75, 3.05) is 6.54 Å². The first-order valence-corrected chi connectivity index (χ1v) is 3.79. The molecule has 0 aliphatic carbocycles. The summed E-state index contributed by atoms with van der Waals surface area (Å²) < 4.78 is 0. The van der Waals surface area contributed by atoms with Crippen LogP contribution in [0.5, 0.6) is 0 Å². The predicted molar refractivity (Wildman–Crippen MR) is 43.4 cm³/mol. The Balaban J connectivity index is 3.95. The molecule has 0 aromatic carbocycles. The monoisotopic (exact) mass is 191 g/mol. The molecular weight excluding hydrogens is 178 g/mol. The minimum Gasteiger partial charge on any atom is -0.481 e. The van der Waals surface area contributed by atoms with Crippen LogP contribution in [0.15, 0.2) is 0 Å². The molecule has 0 amide bonds. The summed E-state index contributed by atoms with van der Waals surface area (Å²) in [6, 6.07) is -1.15. The topological polar surface area (TPSA) is 107 Å². The fraction of sp³-hybridized carbons (Fsp3) is 0.714. The van der Waals surface area contributed by atoms with Crippen molar-refractivity contribution in [2.45, 2.75) is 25.5 Å². The van der Waals surface area contributed by atoms with Gasteiger partial charge in [-0.25, -0.2) is 0 Å². The maximum absolute atomic E-state index is 10.4. The van der Waals surface area contributed by atoms with Gasteiger partial charge in [0.15, 0.2) is 0 Å². The van der Waals surface area contributed by atoms with Crippen molar-refractivity contribution in [3.05, 3.63) is 0 Å². The van der Waals surface area contributed by atoms with Gasteiger partial charge in [0.05, 0.1) is 12.5 Å². The lowest BCUT2D eigenvalue weighted by atomic mass is 10.2. The molecular formula is C7H13NO5. The second-order valence-corrected chi connectivity index (χ2v) is 2.75. The van der Waals surface area contributed by atoms with Gasteiger partial charge >= 0.3 is 11.9 Å². The Morgan fingerprint density at radius 1 is 1.38 bits per heavy atom. The Kier molecular flexibility index (Phi) is 5.01. The molecule has 0 aromatic rings. The highest BCUT2D eigenvalue weighted by Crippen LogP contribution is 1.92. The molecule has 6 heteroatoms. The number of aliphatic hydroxyl groups excluding tert-OH is 1. The van der Waals surface area contributed by atoms with Gasteiger partial charge in [-0.15, -0.1) is 0 Å². The summed E-state index contributed by atoms with van der Waals surface area (Å²) in [5.74, 6) is -2.42. The quantitative estimate of drug-likeness (QED) is 0.424. The van der Waals surface area contributed by atoms with E-state index in [1.54, 1.807) is 0 Å².